The Kier molecular flexibility index (Phi) is 7.96. The Bertz CT molecular complexity index is 544. The Morgan fingerprint density at radius 3 is 2.64 bits per heavy atom. The maximum Gasteiger partial charge on any atom is 0.222 e. The van der Waals surface area contributed by atoms with Gasteiger partial charge in [-0.15, -0.1) is 0 Å². The molecule has 138 valence electrons. The average Bonchev–Trinajstić information content (AvgIpc) is 3.04. The van der Waals surface area contributed by atoms with Crippen LogP contribution in [0, 0.1) is 5.92 Å². The lowest BCUT2D eigenvalue weighted by molar-refractivity contribution is -0.130. The molecule has 4 heteroatoms. The van der Waals surface area contributed by atoms with E-state index < -0.39 is 0 Å². The fourth-order valence-electron chi connectivity index (χ4n) is 3.71. The molecule has 4 nitrogen and oxygen atoms in total. The fraction of sp³-hybridized carbons (Fsp3) is 0.619. The minimum atomic E-state index is 0.0124. The molecular formula is C21H32N2O2. The molecule has 2 rings (SSSR count). The molecule has 1 aliphatic carbocycles. The number of amides is 2. The van der Waals surface area contributed by atoms with Crippen LogP contribution in [0.5, 0.6) is 0 Å². The molecule has 0 aromatic heterocycles. The number of nitrogens with zero attached hydrogens (tertiary/aromatic N) is 1. The Hall–Kier alpha value is -1.84. The van der Waals surface area contributed by atoms with Gasteiger partial charge in [0, 0.05) is 32.5 Å². The predicted molar refractivity (Wildman–Crippen MR) is 101 cm³/mol. The van der Waals surface area contributed by atoms with E-state index in [2.05, 4.69) is 12.2 Å². The summed E-state index contributed by atoms with van der Waals surface area (Å²) in [5.74, 6) is 0.725. The van der Waals surface area contributed by atoms with E-state index in [-0.39, 0.29) is 11.8 Å². The van der Waals surface area contributed by atoms with E-state index in [1.165, 1.54) is 32.1 Å². The van der Waals surface area contributed by atoms with Gasteiger partial charge in [0.15, 0.2) is 0 Å². The zero-order valence-electron chi connectivity index (χ0n) is 15.7. The molecule has 2 amide bonds. The molecule has 1 fully saturated rings. The van der Waals surface area contributed by atoms with Crippen molar-refractivity contribution in [3.8, 4) is 0 Å². The van der Waals surface area contributed by atoms with E-state index in [0.29, 0.717) is 31.5 Å². The van der Waals surface area contributed by atoms with Gasteiger partial charge >= 0.3 is 0 Å². The summed E-state index contributed by atoms with van der Waals surface area (Å²) in [6.07, 6.45) is 7.60. The molecule has 2 unspecified atom stereocenters. The smallest absolute Gasteiger partial charge is 0.222 e. The van der Waals surface area contributed by atoms with Crippen LogP contribution in [0.2, 0.25) is 0 Å². The molecule has 1 aliphatic rings. The topological polar surface area (TPSA) is 49.4 Å². The van der Waals surface area contributed by atoms with Crippen molar-refractivity contribution < 1.29 is 9.59 Å². The lowest BCUT2D eigenvalue weighted by atomic mass is 9.96. The van der Waals surface area contributed by atoms with Crippen LogP contribution in [0.15, 0.2) is 30.3 Å². The number of benzene rings is 1. The zero-order chi connectivity index (χ0) is 18.1. The van der Waals surface area contributed by atoms with Gasteiger partial charge in [0.05, 0.1) is 0 Å². The second-order valence-electron chi connectivity index (χ2n) is 7.18. The molecule has 1 saturated carbocycles. The number of hydrogen-bond acceptors (Lipinski definition) is 2. The summed E-state index contributed by atoms with van der Waals surface area (Å²) in [5, 5.41) is 3.22. The molecule has 0 heterocycles. The molecule has 1 aromatic rings. The standard InChI is InChI=1S/C21H32N2O2/c1-3-4-11-19-12-8-13-20(19)22-21(25)14-15-23(17(2)24)16-18-9-6-5-7-10-18/h5-7,9-10,19-20H,3-4,8,11-16H2,1-2H3,(H,22,25). The second-order valence-corrected chi connectivity index (χ2v) is 7.18. The highest BCUT2D eigenvalue weighted by Gasteiger charge is 2.27. The minimum absolute atomic E-state index is 0.0124. The van der Waals surface area contributed by atoms with Gasteiger partial charge in [0.25, 0.3) is 0 Å². The highest BCUT2D eigenvalue weighted by Crippen LogP contribution is 2.29. The number of carbonyl (C=O) groups is 2. The molecule has 1 N–H and O–H groups in total. The normalized spacial score (nSPS) is 19.6. The average molecular weight is 344 g/mol. The van der Waals surface area contributed by atoms with Crippen molar-refractivity contribution in [1.82, 2.24) is 10.2 Å². The van der Waals surface area contributed by atoms with Crippen molar-refractivity contribution in [2.24, 2.45) is 5.92 Å². The zero-order valence-corrected chi connectivity index (χ0v) is 15.7. The number of carbonyl (C=O) groups excluding carboxylic acids is 2. The Labute approximate surface area is 152 Å². The van der Waals surface area contributed by atoms with Crippen molar-refractivity contribution in [3.05, 3.63) is 35.9 Å². The summed E-state index contributed by atoms with van der Waals surface area (Å²) in [6, 6.07) is 10.2. The molecule has 0 spiro atoms. The van der Waals surface area contributed by atoms with E-state index >= 15 is 0 Å². The van der Waals surface area contributed by atoms with Crippen molar-refractivity contribution in [3.63, 3.8) is 0 Å². The van der Waals surface area contributed by atoms with Crippen LogP contribution in [0.25, 0.3) is 0 Å². The van der Waals surface area contributed by atoms with Crippen LogP contribution in [0.4, 0.5) is 0 Å². The van der Waals surface area contributed by atoms with E-state index in [1.54, 1.807) is 11.8 Å². The summed E-state index contributed by atoms with van der Waals surface area (Å²) in [5.41, 5.74) is 1.09. The maximum absolute atomic E-state index is 12.3. The second kappa shape index (κ2) is 10.2. The first-order valence-electron chi connectivity index (χ1n) is 9.69. The van der Waals surface area contributed by atoms with Crippen LogP contribution >= 0.6 is 0 Å². The highest BCUT2D eigenvalue weighted by molar-refractivity contribution is 5.78. The first-order chi connectivity index (χ1) is 12.1. The van der Waals surface area contributed by atoms with Crippen molar-refractivity contribution in [1.29, 1.82) is 0 Å². The SMILES string of the molecule is CCCCC1CCCC1NC(=O)CCN(Cc1ccccc1)C(C)=O. The molecule has 0 aliphatic heterocycles. The lowest BCUT2D eigenvalue weighted by Gasteiger charge is -2.23. The van der Waals surface area contributed by atoms with E-state index in [9.17, 15) is 9.59 Å². The van der Waals surface area contributed by atoms with E-state index in [1.807, 2.05) is 30.3 Å². The minimum Gasteiger partial charge on any atom is -0.353 e. The summed E-state index contributed by atoms with van der Waals surface area (Å²) in [7, 11) is 0. The third-order valence-electron chi connectivity index (χ3n) is 5.20. The van der Waals surface area contributed by atoms with Crippen molar-refractivity contribution >= 4 is 11.8 Å². The summed E-state index contributed by atoms with van der Waals surface area (Å²) in [4.78, 5) is 26.0. The third kappa shape index (κ3) is 6.52. The summed E-state index contributed by atoms with van der Waals surface area (Å²) >= 11 is 0. The van der Waals surface area contributed by atoms with Gasteiger partial charge in [-0.25, -0.2) is 0 Å². The van der Waals surface area contributed by atoms with Gasteiger partial charge in [-0.3, -0.25) is 9.59 Å². The Morgan fingerprint density at radius 1 is 1.20 bits per heavy atom. The van der Waals surface area contributed by atoms with Crippen molar-refractivity contribution in [2.75, 3.05) is 6.54 Å². The Morgan fingerprint density at radius 2 is 1.96 bits per heavy atom. The largest absolute Gasteiger partial charge is 0.353 e. The van der Waals surface area contributed by atoms with Crippen LogP contribution in [-0.4, -0.2) is 29.3 Å². The highest BCUT2D eigenvalue weighted by atomic mass is 16.2. The number of unbranched alkanes of at least 4 members (excludes halogenated alkanes) is 1. The first-order valence-corrected chi connectivity index (χ1v) is 9.69. The molecule has 25 heavy (non-hydrogen) atoms. The van der Waals surface area contributed by atoms with Gasteiger partial charge in [-0.1, -0.05) is 56.5 Å². The fourth-order valence-corrected chi connectivity index (χ4v) is 3.71. The van der Waals surface area contributed by atoms with Crippen LogP contribution < -0.4 is 5.32 Å². The quantitative estimate of drug-likeness (QED) is 0.738. The van der Waals surface area contributed by atoms with Gasteiger partial charge < -0.3 is 10.2 Å². The molecular weight excluding hydrogens is 312 g/mol. The van der Waals surface area contributed by atoms with Gasteiger partial charge in [-0.2, -0.15) is 0 Å². The van der Waals surface area contributed by atoms with Crippen LogP contribution in [0.3, 0.4) is 0 Å². The third-order valence-corrected chi connectivity index (χ3v) is 5.20. The molecule has 2 atom stereocenters. The van der Waals surface area contributed by atoms with Gasteiger partial charge in [-0.05, 0) is 30.7 Å². The monoisotopic (exact) mass is 344 g/mol. The maximum atomic E-state index is 12.3. The van der Waals surface area contributed by atoms with Gasteiger partial charge in [0.2, 0.25) is 11.8 Å². The summed E-state index contributed by atoms with van der Waals surface area (Å²) in [6.45, 7) is 4.82. The number of hydrogen-bond donors (Lipinski definition) is 1. The Balaban J connectivity index is 1.79. The molecule has 0 saturated heterocycles. The van der Waals surface area contributed by atoms with Gasteiger partial charge in [0.1, 0.15) is 0 Å². The number of nitrogens with one attached hydrogen (secondary N) is 1. The predicted octanol–water partition coefficient (Wildman–Crippen LogP) is 3.90. The number of rotatable bonds is 9. The molecule has 1 aromatic carbocycles. The summed E-state index contributed by atoms with van der Waals surface area (Å²) < 4.78 is 0. The molecule has 0 radical (unpaired) electrons. The first kappa shape index (κ1) is 19.5. The van der Waals surface area contributed by atoms with Crippen LogP contribution in [-0.2, 0) is 16.1 Å². The molecule has 0 bridgehead atoms. The van der Waals surface area contributed by atoms with Crippen LogP contribution in [0.1, 0.15) is 64.4 Å². The lowest BCUT2D eigenvalue weighted by Crippen LogP contribution is -2.39. The van der Waals surface area contributed by atoms with E-state index in [4.69, 9.17) is 0 Å². The van der Waals surface area contributed by atoms with Crippen molar-refractivity contribution in [2.45, 2.75) is 71.4 Å². The van der Waals surface area contributed by atoms with E-state index in [0.717, 1.165) is 12.0 Å².